The van der Waals surface area contributed by atoms with Gasteiger partial charge in [0.15, 0.2) is 11.5 Å². The Labute approximate surface area is 157 Å². The van der Waals surface area contributed by atoms with E-state index in [9.17, 15) is 0 Å². The number of aryl methyl sites for hydroxylation is 3. The van der Waals surface area contributed by atoms with E-state index >= 15 is 0 Å². The van der Waals surface area contributed by atoms with E-state index in [0.717, 1.165) is 22.5 Å². The molecule has 6 heteroatoms. The highest BCUT2D eigenvalue weighted by Gasteiger charge is 2.14. The highest BCUT2D eigenvalue weighted by molar-refractivity contribution is 5.70. The molecule has 0 saturated carbocycles. The first-order valence-corrected chi connectivity index (χ1v) is 8.73. The van der Waals surface area contributed by atoms with Crippen molar-refractivity contribution in [3.05, 3.63) is 71.4 Å². The van der Waals surface area contributed by atoms with E-state index in [-0.39, 0.29) is 0 Å². The lowest BCUT2D eigenvalue weighted by Gasteiger charge is -2.05. The minimum Gasteiger partial charge on any atom is -0.382 e. The summed E-state index contributed by atoms with van der Waals surface area (Å²) in [6.45, 7) is 5.93. The minimum absolute atomic E-state index is 0.424. The number of nitrogens with zero attached hydrogens (tertiary/aromatic N) is 5. The Hall–Kier alpha value is -3.54. The summed E-state index contributed by atoms with van der Waals surface area (Å²) in [5.41, 5.74) is 13.2. The van der Waals surface area contributed by atoms with Crippen molar-refractivity contribution >= 4 is 22.8 Å². The Morgan fingerprint density at radius 1 is 0.926 bits per heavy atom. The zero-order chi connectivity index (χ0) is 19.0. The van der Waals surface area contributed by atoms with Gasteiger partial charge in [0.1, 0.15) is 5.69 Å². The zero-order valence-electron chi connectivity index (χ0n) is 15.5. The molecule has 0 amide bonds. The Bertz CT molecular complexity index is 1160. The normalized spacial score (nSPS) is 11.5. The number of nitrogen functional groups attached to an aromatic ring is 1. The van der Waals surface area contributed by atoms with Gasteiger partial charge in [-0.25, -0.2) is 4.98 Å². The summed E-state index contributed by atoms with van der Waals surface area (Å²) in [6, 6.07) is 17.9. The quantitative estimate of drug-likeness (QED) is 0.504. The SMILES string of the molecule is Cc1ccc(-c2cc3nc(C)c(N=Nc4ccccc4C)c(N)n3n2)cc1. The van der Waals surface area contributed by atoms with Gasteiger partial charge < -0.3 is 5.73 Å². The third-order valence-electron chi connectivity index (χ3n) is 4.51. The van der Waals surface area contributed by atoms with Crippen LogP contribution in [0, 0.1) is 20.8 Å². The molecule has 2 aromatic heterocycles. The third kappa shape index (κ3) is 3.17. The molecule has 2 heterocycles. The van der Waals surface area contributed by atoms with Crippen LogP contribution in [-0.4, -0.2) is 14.6 Å². The molecule has 0 aliphatic heterocycles. The van der Waals surface area contributed by atoms with E-state index in [0.29, 0.717) is 22.8 Å². The van der Waals surface area contributed by atoms with Crippen LogP contribution in [0.3, 0.4) is 0 Å². The van der Waals surface area contributed by atoms with E-state index < -0.39 is 0 Å². The molecule has 4 aromatic rings. The highest BCUT2D eigenvalue weighted by Crippen LogP contribution is 2.30. The zero-order valence-corrected chi connectivity index (χ0v) is 15.5. The van der Waals surface area contributed by atoms with Crippen molar-refractivity contribution in [2.75, 3.05) is 5.73 Å². The van der Waals surface area contributed by atoms with Crippen molar-refractivity contribution in [2.24, 2.45) is 10.2 Å². The van der Waals surface area contributed by atoms with Crippen LogP contribution in [0.15, 0.2) is 64.8 Å². The molecule has 0 saturated heterocycles. The molecule has 2 N–H and O–H groups in total. The van der Waals surface area contributed by atoms with Crippen LogP contribution in [0.5, 0.6) is 0 Å². The second-order valence-corrected chi connectivity index (χ2v) is 6.58. The largest absolute Gasteiger partial charge is 0.382 e. The van der Waals surface area contributed by atoms with Gasteiger partial charge in [-0.05, 0) is 32.4 Å². The molecule has 0 spiro atoms. The molecule has 27 heavy (non-hydrogen) atoms. The van der Waals surface area contributed by atoms with E-state index in [4.69, 9.17) is 5.73 Å². The topological polar surface area (TPSA) is 80.9 Å². The molecule has 0 atom stereocenters. The van der Waals surface area contributed by atoms with E-state index in [1.807, 2.05) is 56.3 Å². The molecule has 134 valence electrons. The minimum atomic E-state index is 0.424. The van der Waals surface area contributed by atoms with Crippen LogP contribution >= 0.6 is 0 Å². The van der Waals surface area contributed by atoms with Crippen molar-refractivity contribution < 1.29 is 0 Å². The molecule has 0 aliphatic rings. The van der Waals surface area contributed by atoms with Gasteiger partial charge in [-0.2, -0.15) is 14.7 Å². The van der Waals surface area contributed by atoms with Crippen molar-refractivity contribution in [1.29, 1.82) is 0 Å². The van der Waals surface area contributed by atoms with Gasteiger partial charge in [0.25, 0.3) is 0 Å². The fourth-order valence-corrected chi connectivity index (χ4v) is 2.91. The molecule has 0 radical (unpaired) electrons. The molecule has 0 aliphatic carbocycles. The van der Waals surface area contributed by atoms with Crippen LogP contribution in [0.2, 0.25) is 0 Å². The average Bonchev–Trinajstić information content (AvgIpc) is 3.07. The first-order chi connectivity index (χ1) is 13.0. The smallest absolute Gasteiger partial charge is 0.158 e. The lowest BCUT2D eigenvalue weighted by Crippen LogP contribution is -2.02. The molecule has 0 unspecified atom stereocenters. The number of hydrogen-bond donors (Lipinski definition) is 1. The van der Waals surface area contributed by atoms with Gasteiger partial charge in [0.2, 0.25) is 0 Å². The van der Waals surface area contributed by atoms with Gasteiger partial charge in [0.05, 0.1) is 17.1 Å². The molecule has 2 aromatic carbocycles. The Balaban J connectivity index is 1.79. The Morgan fingerprint density at radius 3 is 2.41 bits per heavy atom. The van der Waals surface area contributed by atoms with E-state index in [2.05, 4.69) is 39.4 Å². The molecule has 0 fully saturated rings. The maximum atomic E-state index is 6.34. The number of aromatic nitrogens is 3. The first kappa shape index (κ1) is 16.9. The maximum absolute atomic E-state index is 6.34. The highest BCUT2D eigenvalue weighted by atomic mass is 15.3. The van der Waals surface area contributed by atoms with Gasteiger partial charge in [0, 0.05) is 11.6 Å². The van der Waals surface area contributed by atoms with Crippen molar-refractivity contribution in [1.82, 2.24) is 14.6 Å². The monoisotopic (exact) mass is 356 g/mol. The summed E-state index contributed by atoms with van der Waals surface area (Å²) in [4.78, 5) is 4.60. The second kappa shape index (κ2) is 6.64. The predicted molar refractivity (Wildman–Crippen MR) is 108 cm³/mol. The van der Waals surface area contributed by atoms with Gasteiger partial charge >= 0.3 is 0 Å². The third-order valence-corrected chi connectivity index (χ3v) is 4.51. The van der Waals surface area contributed by atoms with Crippen LogP contribution in [-0.2, 0) is 0 Å². The second-order valence-electron chi connectivity index (χ2n) is 6.58. The molecule has 0 bridgehead atoms. The standard InChI is InChI=1S/C21H20N6/c1-13-8-10-16(11-9-13)18-12-19-23-15(3)20(21(22)27(19)26-18)25-24-17-7-5-4-6-14(17)2/h4-12H,22H2,1-3H3. The number of fused-ring (bicyclic) bond motifs is 1. The number of hydrogen-bond acceptors (Lipinski definition) is 5. The average molecular weight is 356 g/mol. The molecule has 6 nitrogen and oxygen atoms in total. The maximum Gasteiger partial charge on any atom is 0.158 e. The van der Waals surface area contributed by atoms with Crippen molar-refractivity contribution in [3.8, 4) is 11.3 Å². The number of benzene rings is 2. The van der Waals surface area contributed by atoms with Crippen LogP contribution in [0.1, 0.15) is 16.8 Å². The fraction of sp³-hybridized carbons (Fsp3) is 0.143. The molecular formula is C21H20N6. The number of anilines is 1. The van der Waals surface area contributed by atoms with Crippen LogP contribution in [0.4, 0.5) is 17.2 Å². The van der Waals surface area contributed by atoms with Crippen molar-refractivity contribution in [2.45, 2.75) is 20.8 Å². The summed E-state index contributed by atoms with van der Waals surface area (Å²) in [5, 5.41) is 13.3. The summed E-state index contributed by atoms with van der Waals surface area (Å²) < 4.78 is 1.62. The number of nitrogens with two attached hydrogens (primary N) is 1. The summed E-state index contributed by atoms with van der Waals surface area (Å²) in [5.74, 6) is 0.424. The first-order valence-electron chi connectivity index (χ1n) is 8.73. The Morgan fingerprint density at radius 2 is 1.67 bits per heavy atom. The summed E-state index contributed by atoms with van der Waals surface area (Å²) >= 11 is 0. The summed E-state index contributed by atoms with van der Waals surface area (Å²) in [6.07, 6.45) is 0. The van der Waals surface area contributed by atoms with Crippen LogP contribution < -0.4 is 5.73 Å². The van der Waals surface area contributed by atoms with Crippen LogP contribution in [0.25, 0.3) is 16.9 Å². The lowest BCUT2D eigenvalue weighted by molar-refractivity contribution is 0.940. The van der Waals surface area contributed by atoms with Gasteiger partial charge in [-0.15, -0.1) is 5.11 Å². The molecule has 4 rings (SSSR count). The number of rotatable bonds is 3. The number of azo groups is 1. The summed E-state index contributed by atoms with van der Waals surface area (Å²) in [7, 11) is 0. The predicted octanol–water partition coefficient (Wildman–Crippen LogP) is 5.32. The van der Waals surface area contributed by atoms with E-state index in [1.54, 1.807) is 4.52 Å². The van der Waals surface area contributed by atoms with Gasteiger partial charge in [-0.1, -0.05) is 48.0 Å². The Kier molecular flexibility index (Phi) is 4.16. The van der Waals surface area contributed by atoms with Gasteiger partial charge in [-0.3, -0.25) is 0 Å². The van der Waals surface area contributed by atoms with Crippen molar-refractivity contribution in [3.63, 3.8) is 0 Å². The fourth-order valence-electron chi connectivity index (χ4n) is 2.91. The lowest BCUT2D eigenvalue weighted by atomic mass is 10.1. The van der Waals surface area contributed by atoms with E-state index in [1.165, 1.54) is 5.56 Å². The molecular weight excluding hydrogens is 336 g/mol.